The summed E-state index contributed by atoms with van der Waals surface area (Å²) in [5.74, 6) is 0.351. The molecule has 4 aromatic heterocycles. The quantitative estimate of drug-likeness (QED) is 0.118. The number of fused-ring (bicyclic) bond motifs is 4. The smallest absolute Gasteiger partial charge is 0.123 e. The Morgan fingerprint density at radius 3 is 2.38 bits per heavy atom. The number of hydrogen-bond acceptors (Lipinski definition) is 4. The van der Waals surface area contributed by atoms with Crippen molar-refractivity contribution in [1.29, 1.82) is 0 Å². The van der Waals surface area contributed by atoms with Gasteiger partial charge in [0.25, 0.3) is 0 Å². The maximum Gasteiger partial charge on any atom is 0.123 e. The summed E-state index contributed by atoms with van der Waals surface area (Å²) in [5.41, 5.74) is 8.28. The van der Waals surface area contributed by atoms with Crippen LogP contribution >= 0.6 is 11.3 Å². The van der Waals surface area contributed by atoms with E-state index in [2.05, 4.69) is 111 Å². The van der Waals surface area contributed by atoms with E-state index in [1.165, 1.54) is 23.8 Å². The van der Waals surface area contributed by atoms with Gasteiger partial charge in [-0.05, 0) is 92.4 Å². The van der Waals surface area contributed by atoms with Crippen LogP contribution in [0.15, 0.2) is 128 Å². The summed E-state index contributed by atoms with van der Waals surface area (Å²) in [6, 6.07) is 38.4. The first-order valence-corrected chi connectivity index (χ1v) is 24.4. The number of rotatable bonds is 7. The zero-order chi connectivity index (χ0) is 48.4. The van der Waals surface area contributed by atoms with Crippen molar-refractivity contribution < 1.29 is 34.1 Å². The van der Waals surface area contributed by atoms with E-state index in [1.54, 1.807) is 23.6 Å². The summed E-state index contributed by atoms with van der Waals surface area (Å²) in [4.78, 5) is 15.2. The molecule has 9 rings (SSSR count). The number of nitrogens with zero attached hydrogens (tertiary/aromatic N) is 4. The molecule has 0 amide bonds. The normalized spacial score (nSPS) is 14.0. The maximum atomic E-state index is 13.7. The number of hydrogen-bond donors (Lipinski definition) is 0. The molecule has 0 unspecified atom stereocenters. The number of pyridine rings is 2. The fraction of sp³-hybridized carbons (Fsp3) is 0.226. The number of imidazole rings is 1. The first kappa shape index (κ1) is 35.5. The Morgan fingerprint density at radius 1 is 0.934 bits per heavy atom. The molecule has 0 N–H and O–H groups in total. The number of para-hydroxylation sites is 2. The molecular weight excluding hydrogens is 964 g/mol. The van der Waals surface area contributed by atoms with Crippen LogP contribution in [0.2, 0.25) is 19.6 Å². The van der Waals surface area contributed by atoms with Gasteiger partial charge in [-0.3, -0.25) is 4.98 Å². The largest absolute Gasteiger partial charge is 0.333 e. The minimum atomic E-state index is -2.56. The van der Waals surface area contributed by atoms with Crippen molar-refractivity contribution in [1.82, 2.24) is 19.5 Å². The number of aromatic nitrogens is 4. The zero-order valence-corrected chi connectivity index (χ0v) is 39.7. The average Bonchev–Trinajstić information content (AvgIpc) is 3.84. The minimum absolute atomic E-state index is 0. The van der Waals surface area contributed by atoms with E-state index in [1.807, 2.05) is 50.4 Å². The topological polar surface area (TPSA) is 43.6 Å². The van der Waals surface area contributed by atoms with Gasteiger partial charge >= 0.3 is 0 Å². The van der Waals surface area contributed by atoms with Crippen LogP contribution in [0.3, 0.4) is 0 Å². The Labute approximate surface area is 388 Å². The molecule has 0 spiro atoms. The van der Waals surface area contributed by atoms with E-state index in [0.717, 1.165) is 64.7 Å². The molecule has 61 heavy (non-hydrogen) atoms. The van der Waals surface area contributed by atoms with Gasteiger partial charge in [-0.25, -0.2) is 9.37 Å². The molecule has 311 valence electrons. The van der Waals surface area contributed by atoms with Gasteiger partial charge in [0.15, 0.2) is 0 Å². The summed E-state index contributed by atoms with van der Waals surface area (Å²) in [5, 5.41) is 3.08. The van der Waals surface area contributed by atoms with E-state index >= 15 is 0 Å². The van der Waals surface area contributed by atoms with Crippen LogP contribution in [0.25, 0.3) is 70.8 Å². The molecule has 0 aliphatic rings. The van der Waals surface area contributed by atoms with Gasteiger partial charge in [-0.2, -0.15) is 11.3 Å². The fourth-order valence-corrected chi connectivity index (χ4v) is 9.95. The molecule has 4 nitrogen and oxygen atoms in total. The number of halogens is 1. The molecule has 8 heteroatoms. The molecule has 0 saturated carbocycles. The zero-order valence-electron chi connectivity index (χ0n) is 42.5. The van der Waals surface area contributed by atoms with Crippen molar-refractivity contribution in [3.8, 4) is 39.5 Å². The third-order valence-corrected chi connectivity index (χ3v) is 13.5. The second kappa shape index (κ2) is 17.7. The van der Waals surface area contributed by atoms with Gasteiger partial charge in [0.2, 0.25) is 0 Å². The van der Waals surface area contributed by atoms with Crippen molar-refractivity contribution in [2.45, 2.75) is 72.9 Å². The van der Waals surface area contributed by atoms with Crippen molar-refractivity contribution >= 4 is 55.9 Å². The molecule has 4 heterocycles. The molecule has 0 fully saturated rings. The Bertz CT molecular complexity index is 3280. The van der Waals surface area contributed by atoms with Crippen LogP contribution in [0.1, 0.15) is 60.9 Å². The van der Waals surface area contributed by atoms with E-state index in [9.17, 15) is 4.39 Å². The van der Waals surface area contributed by atoms with Crippen LogP contribution < -0.4 is 5.19 Å². The summed E-state index contributed by atoms with van der Waals surface area (Å²) < 4.78 is 72.8. The molecular formula is C53H51FIrN4SSi-2. The van der Waals surface area contributed by atoms with Crippen LogP contribution in [0.4, 0.5) is 4.39 Å². The summed E-state index contributed by atoms with van der Waals surface area (Å²) in [6.45, 7) is 14.2. The first-order valence-electron chi connectivity index (χ1n) is 23.6. The molecule has 0 atom stereocenters. The standard InChI is InChI=1S/C34H25FN3S.C19H26NSi.Ir/c1-34(2,3)22-13-17-24(18-14-22)38-29-10-5-4-9-28(29)37-32(38)27-8-6-7-26-30-25(21-11-15-23(35)16-12-21)19-20-36-33(30)39-31(26)27;1-14(2)11-17-12-18(16-9-7-15(3)8-10-16)20-13-19(17)21(4,5)6;/h4-7,9-20H,1-3H3;7-9,12-14H,11H2,1-6H3;/q2*-1;/i;3D3,7D,8D,11D2;. The molecule has 0 aliphatic carbocycles. The average molecular weight is 1020 g/mol. The van der Waals surface area contributed by atoms with Crippen molar-refractivity contribution in [3.63, 3.8) is 0 Å². The second-order valence-electron chi connectivity index (χ2n) is 17.3. The summed E-state index contributed by atoms with van der Waals surface area (Å²) in [6.07, 6.45) is 1.95. The SMILES string of the molecule is CC(C)(C)c1ccc(-n2c(-c3[c-]ccc4c3sc3nccc(-c5ccc(F)cc5)c34)nc3ccccc32)cc1.[2H]c1[c-]c(-c2cc(C([2H])([2H])C(C)C)c([Si](C)(C)C)cn2)cc([2H])c1C([2H])([2H])[2H].[Ir]. The van der Waals surface area contributed by atoms with Gasteiger partial charge in [0.1, 0.15) is 10.6 Å². The Hall–Kier alpha value is -5.11. The Balaban J connectivity index is 0.000000211. The van der Waals surface area contributed by atoms with Gasteiger partial charge in [0, 0.05) is 53.2 Å². The number of thiophene rings is 1. The predicted octanol–water partition coefficient (Wildman–Crippen LogP) is 14.0. The molecule has 0 aliphatic heterocycles. The number of benzene rings is 5. The fourth-order valence-electron chi connectivity index (χ4n) is 7.38. The molecule has 0 bridgehead atoms. The first-order chi connectivity index (χ1) is 31.4. The van der Waals surface area contributed by atoms with E-state index < -0.39 is 21.3 Å². The molecule has 9 aromatic rings. The van der Waals surface area contributed by atoms with Crippen LogP contribution in [-0.2, 0) is 31.9 Å². The maximum absolute atomic E-state index is 13.7. The van der Waals surface area contributed by atoms with Gasteiger partial charge < -0.3 is 9.55 Å². The van der Waals surface area contributed by atoms with Crippen LogP contribution in [0, 0.1) is 30.7 Å². The summed E-state index contributed by atoms with van der Waals surface area (Å²) >= 11 is 1.64. The van der Waals surface area contributed by atoms with Crippen LogP contribution in [-0.4, -0.2) is 27.6 Å². The van der Waals surface area contributed by atoms with Crippen molar-refractivity contribution in [2.24, 2.45) is 5.92 Å². The van der Waals surface area contributed by atoms with Crippen molar-refractivity contribution in [3.05, 3.63) is 162 Å². The van der Waals surface area contributed by atoms with E-state index in [4.69, 9.17) is 19.6 Å². The van der Waals surface area contributed by atoms with Gasteiger partial charge in [-0.1, -0.05) is 120 Å². The van der Waals surface area contributed by atoms with Gasteiger partial charge in [-0.15, -0.1) is 53.5 Å². The summed E-state index contributed by atoms with van der Waals surface area (Å²) in [7, 11) is -1.87. The molecule has 5 aromatic carbocycles. The van der Waals surface area contributed by atoms with Gasteiger partial charge in [0.05, 0.1) is 24.9 Å². The van der Waals surface area contributed by atoms with E-state index in [-0.39, 0.29) is 54.9 Å². The Kier molecular flexibility index (Phi) is 10.3. The molecule has 1 radical (unpaired) electrons. The van der Waals surface area contributed by atoms with Crippen molar-refractivity contribution in [2.75, 3.05) is 0 Å². The third-order valence-electron chi connectivity index (χ3n) is 10.4. The minimum Gasteiger partial charge on any atom is -0.333 e. The monoisotopic (exact) mass is 1020 g/mol. The second-order valence-corrected chi connectivity index (χ2v) is 23.3. The Morgan fingerprint density at radius 2 is 1.69 bits per heavy atom. The third kappa shape index (κ3) is 9.24. The van der Waals surface area contributed by atoms with E-state index in [0.29, 0.717) is 16.8 Å². The van der Waals surface area contributed by atoms with Crippen LogP contribution in [0.5, 0.6) is 0 Å². The molecule has 0 saturated heterocycles. The predicted molar refractivity (Wildman–Crippen MR) is 255 cm³/mol.